The molecule has 2 N–H and O–H groups in total. The molecule has 11 nitrogen and oxygen atoms in total. The molecule has 0 aliphatic rings. The highest BCUT2D eigenvalue weighted by atomic mass is 35.5. The van der Waals surface area contributed by atoms with Crippen LogP contribution in [0, 0.1) is 5.82 Å². The van der Waals surface area contributed by atoms with Crippen molar-refractivity contribution in [3.05, 3.63) is 134 Å². The second-order valence-corrected chi connectivity index (χ2v) is 15.3. The number of carbonyl (C=O) groups excluding carboxylic acids is 3. The molecule has 0 aliphatic heterocycles. The van der Waals surface area contributed by atoms with Gasteiger partial charge in [-0.2, -0.15) is 13.2 Å². The summed E-state index contributed by atoms with van der Waals surface area (Å²) in [7, 11) is 4.63. The molecule has 1 unspecified atom stereocenters. The van der Waals surface area contributed by atoms with E-state index < -0.39 is 47.1 Å². The molecule has 0 fully saturated rings. The van der Waals surface area contributed by atoms with Crippen molar-refractivity contribution in [2.45, 2.75) is 58.1 Å². The molecular weight excluding hydrogens is 817 g/mol. The molecule has 312 valence electrons. The number of alkyl halides is 3. The van der Waals surface area contributed by atoms with Crippen molar-refractivity contribution < 1.29 is 46.2 Å². The van der Waals surface area contributed by atoms with Gasteiger partial charge in [-0.3, -0.25) is 9.59 Å². The third-order valence-electron chi connectivity index (χ3n) is 8.78. The number of hydrogen-bond donors (Lipinski definition) is 2. The SMILES string of the molecule is COc1cc(CNC(=O)CC(NC(=O)c2cc(Cn3ccn(C)/c3=N/C(=O)OC(C)(C)C)cc(-c3ccc(F)cc3C(F)(F)F)c2)c2ccc(Cl)c(Cl)c2)cc(OC)c1. The maximum absolute atomic E-state index is 14.3. The van der Waals surface area contributed by atoms with Gasteiger partial charge in [-0.25, -0.2) is 9.18 Å². The summed E-state index contributed by atoms with van der Waals surface area (Å²) in [6.07, 6.45) is -2.91. The van der Waals surface area contributed by atoms with E-state index in [9.17, 15) is 31.9 Å². The Bertz CT molecular complexity index is 2420. The first-order chi connectivity index (χ1) is 27.7. The predicted molar refractivity (Wildman–Crippen MR) is 214 cm³/mol. The first kappa shape index (κ1) is 44.3. The Hall–Kier alpha value is -5.80. The Balaban J connectivity index is 1.54. The highest BCUT2D eigenvalue weighted by Gasteiger charge is 2.34. The number of halogens is 6. The van der Waals surface area contributed by atoms with Crippen LogP contribution >= 0.6 is 23.2 Å². The number of benzene rings is 4. The van der Waals surface area contributed by atoms with E-state index in [0.29, 0.717) is 34.3 Å². The van der Waals surface area contributed by atoms with Gasteiger partial charge >= 0.3 is 12.3 Å². The van der Waals surface area contributed by atoms with E-state index >= 15 is 0 Å². The van der Waals surface area contributed by atoms with Crippen molar-refractivity contribution in [3.63, 3.8) is 0 Å². The summed E-state index contributed by atoms with van der Waals surface area (Å²) in [6, 6.07) is 15.1. The minimum atomic E-state index is -4.95. The van der Waals surface area contributed by atoms with Crippen molar-refractivity contribution >= 4 is 41.1 Å². The lowest BCUT2D eigenvalue weighted by Crippen LogP contribution is -2.34. The maximum atomic E-state index is 14.3. The molecule has 0 spiro atoms. The van der Waals surface area contributed by atoms with Gasteiger partial charge in [0, 0.05) is 37.6 Å². The molecule has 3 amide bonds. The Labute approximate surface area is 347 Å². The highest BCUT2D eigenvalue weighted by Crippen LogP contribution is 2.38. The molecule has 0 bridgehead atoms. The Morgan fingerprint density at radius 1 is 0.847 bits per heavy atom. The van der Waals surface area contributed by atoms with Gasteiger partial charge in [0.05, 0.1) is 48.8 Å². The van der Waals surface area contributed by atoms with Gasteiger partial charge in [-0.1, -0.05) is 35.3 Å². The molecule has 0 saturated heterocycles. The molecule has 17 heteroatoms. The van der Waals surface area contributed by atoms with Crippen LogP contribution in [0.3, 0.4) is 0 Å². The molecule has 0 aliphatic carbocycles. The number of imidazole rings is 1. The first-order valence-electron chi connectivity index (χ1n) is 18.0. The molecular formula is C42H41Cl2F4N5O6. The number of amides is 3. The second-order valence-electron chi connectivity index (χ2n) is 14.4. The van der Waals surface area contributed by atoms with E-state index in [1.165, 1.54) is 44.6 Å². The number of aryl methyl sites for hydroxylation is 1. The zero-order chi connectivity index (χ0) is 43.2. The minimum Gasteiger partial charge on any atom is -0.497 e. The van der Waals surface area contributed by atoms with Crippen LogP contribution in [0.4, 0.5) is 22.4 Å². The van der Waals surface area contributed by atoms with Crippen LogP contribution in [0.25, 0.3) is 11.1 Å². The van der Waals surface area contributed by atoms with E-state index in [-0.39, 0.29) is 51.9 Å². The number of carbonyl (C=O) groups is 3. The van der Waals surface area contributed by atoms with Crippen molar-refractivity contribution in [1.29, 1.82) is 0 Å². The topological polar surface area (TPSA) is 125 Å². The van der Waals surface area contributed by atoms with E-state index in [2.05, 4.69) is 15.6 Å². The van der Waals surface area contributed by atoms with E-state index in [4.69, 9.17) is 37.4 Å². The molecule has 0 radical (unpaired) electrons. The summed E-state index contributed by atoms with van der Waals surface area (Å²) in [4.78, 5) is 44.5. The van der Waals surface area contributed by atoms with Crippen LogP contribution in [0.15, 0.2) is 90.2 Å². The first-order valence-corrected chi connectivity index (χ1v) is 18.7. The molecule has 5 aromatic rings. The van der Waals surface area contributed by atoms with Crippen LogP contribution < -0.4 is 25.7 Å². The van der Waals surface area contributed by atoms with Crippen LogP contribution in [-0.4, -0.2) is 46.9 Å². The summed E-state index contributed by atoms with van der Waals surface area (Å²) in [5, 5.41) is 6.04. The average Bonchev–Trinajstić information content (AvgIpc) is 3.50. The lowest BCUT2D eigenvalue weighted by Gasteiger charge is -2.21. The molecule has 0 saturated carbocycles. The van der Waals surface area contributed by atoms with E-state index in [1.807, 2.05) is 0 Å². The van der Waals surface area contributed by atoms with Crippen LogP contribution in [0.2, 0.25) is 10.0 Å². The molecule has 1 atom stereocenters. The Morgan fingerprint density at radius 2 is 1.54 bits per heavy atom. The normalized spacial score (nSPS) is 12.5. The van der Waals surface area contributed by atoms with Gasteiger partial charge in [-0.15, -0.1) is 4.99 Å². The van der Waals surface area contributed by atoms with Crippen molar-refractivity contribution in [3.8, 4) is 22.6 Å². The van der Waals surface area contributed by atoms with Crippen molar-refractivity contribution in [2.75, 3.05) is 14.2 Å². The number of aromatic nitrogens is 2. The fourth-order valence-corrected chi connectivity index (χ4v) is 6.37. The van der Waals surface area contributed by atoms with Gasteiger partial charge in [0.15, 0.2) is 0 Å². The smallest absolute Gasteiger partial charge is 0.437 e. The summed E-state index contributed by atoms with van der Waals surface area (Å²) in [5.74, 6) is -1.31. The molecule has 1 heterocycles. The molecule has 5 rings (SSSR count). The number of ether oxygens (including phenoxy) is 3. The highest BCUT2D eigenvalue weighted by molar-refractivity contribution is 6.42. The van der Waals surface area contributed by atoms with Gasteiger partial charge in [0.2, 0.25) is 11.5 Å². The third-order valence-corrected chi connectivity index (χ3v) is 9.51. The van der Waals surface area contributed by atoms with Crippen molar-refractivity contribution in [1.82, 2.24) is 19.8 Å². The second kappa shape index (κ2) is 18.4. The summed E-state index contributed by atoms with van der Waals surface area (Å²) < 4.78 is 76.3. The molecule has 4 aromatic carbocycles. The van der Waals surface area contributed by atoms with E-state index in [1.54, 1.807) is 73.6 Å². The quantitative estimate of drug-likeness (QED) is 0.121. The number of hydrogen-bond acceptors (Lipinski definition) is 6. The van der Waals surface area contributed by atoms with Gasteiger partial charge in [0.1, 0.15) is 22.9 Å². The maximum Gasteiger partial charge on any atom is 0.437 e. The Kier molecular flexibility index (Phi) is 13.8. The number of nitrogens with one attached hydrogen (secondary N) is 2. The molecule has 59 heavy (non-hydrogen) atoms. The van der Waals surface area contributed by atoms with Gasteiger partial charge < -0.3 is 34.0 Å². The number of rotatable bonds is 12. The summed E-state index contributed by atoms with van der Waals surface area (Å²) in [6.45, 7) is 5.05. The standard InChI is InChI=1S/C42H41Cl2F4N5O6/c1-41(2,3)59-40(56)51-39-52(4)11-12-53(39)23-25-13-27(32-9-8-29(45)19-33(32)42(46,47)48)17-28(14-25)38(55)50-36(26-7-10-34(43)35(44)18-26)21-37(54)49-22-24-15-30(57-5)20-31(16-24)58-6/h7-20,36H,21-23H2,1-6H3,(H,49,54)(H,50,55)/b51-39-. The summed E-state index contributed by atoms with van der Waals surface area (Å²) in [5.41, 5.74) is -1.08. The average molecular weight is 859 g/mol. The monoisotopic (exact) mass is 857 g/mol. The number of nitrogens with zero attached hydrogens (tertiary/aromatic N) is 3. The zero-order valence-electron chi connectivity index (χ0n) is 32.8. The van der Waals surface area contributed by atoms with Crippen molar-refractivity contribution in [2.24, 2.45) is 12.0 Å². The fraction of sp³-hybridized carbons (Fsp3) is 0.286. The molecule has 1 aromatic heterocycles. The minimum absolute atomic E-state index is 0.0558. The van der Waals surface area contributed by atoms with Gasteiger partial charge in [0.25, 0.3) is 5.91 Å². The van der Waals surface area contributed by atoms with Crippen LogP contribution in [0.1, 0.15) is 65.8 Å². The van der Waals surface area contributed by atoms with Crippen LogP contribution in [0.5, 0.6) is 11.5 Å². The van der Waals surface area contributed by atoms with Crippen LogP contribution in [-0.2, 0) is 35.8 Å². The van der Waals surface area contributed by atoms with Gasteiger partial charge in [-0.05, 0) is 103 Å². The lowest BCUT2D eigenvalue weighted by atomic mass is 9.94. The lowest BCUT2D eigenvalue weighted by molar-refractivity contribution is -0.137. The largest absolute Gasteiger partial charge is 0.497 e. The van der Waals surface area contributed by atoms with E-state index in [0.717, 1.165) is 12.1 Å². The summed E-state index contributed by atoms with van der Waals surface area (Å²) >= 11 is 12.5. The fourth-order valence-electron chi connectivity index (χ4n) is 6.07. The zero-order valence-corrected chi connectivity index (χ0v) is 34.4. The predicted octanol–water partition coefficient (Wildman–Crippen LogP) is 9.04. The number of methoxy groups -OCH3 is 2. The Morgan fingerprint density at radius 3 is 2.17 bits per heavy atom. The third kappa shape index (κ3) is 11.9.